The van der Waals surface area contributed by atoms with Crippen LogP contribution in [0.25, 0.3) is 0 Å². The number of nitrogens with zero attached hydrogens (tertiary/aromatic N) is 2. The standard InChI is InChI=1S/C16H27N3S/c1-6-8-9-19(12(4)7-2)14-10-11(3)18-13(5)15(14)16(17)20/h10,12H,6-9H2,1-5H3,(H2,17,20). The molecule has 0 aliphatic rings. The van der Waals surface area contributed by atoms with E-state index < -0.39 is 0 Å². The highest BCUT2D eigenvalue weighted by atomic mass is 32.1. The number of pyridine rings is 1. The highest BCUT2D eigenvalue weighted by Crippen LogP contribution is 2.27. The predicted molar refractivity (Wildman–Crippen MR) is 91.6 cm³/mol. The molecule has 4 heteroatoms. The fraction of sp³-hybridized carbons (Fsp3) is 0.625. The zero-order valence-electron chi connectivity index (χ0n) is 13.4. The first-order valence-electron chi connectivity index (χ1n) is 7.47. The number of unbranched alkanes of at least 4 members (excludes halogenated alkanes) is 1. The number of aromatic nitrogens is 1. The first-order chi connectivity index (χ1) is 9.42. The summed E-state index contributed by atoms with van der Waals surface area (Å²) >= 11 is 5.25. The molecule has 0 aromatic carbocycles. The van der Waals surface area contributed by atoms with Gasteiger partial charge in [0.2, 0.25) is 0 Å². The number of hydrogen-bond acceptors (Lipinski definition) is 3. The Morgan fingerprint density at radius 1 is 1.40 bits per heavy atom. The van der Waals surface area contributed by atoms with Gasteiger partial charge in [0.05, 0.1) is 11.3 Å². The molecule has 1 rings (SSSR count). The van der Waals surface area contributed by atoms with Gasteiger partial charge in [-0.05, 0) is 39.7 Å². The van der Waals surface area contributed by atoms with Gasteiger partial charge in [-0.3, -0.25) is 4.98 Å². The Labute approximate surface area is 128 Å². The van der Waals surface area contributed by atoms with Crippen molar-refractivity contribution < 1.29 is 0 Å². The molecule has 0 radical (unpaired) electrons. The van der Waals surface area contributed by atoms with Crippen molar-refractivity contribution in [1.29, 1.82) is 0 Å². The van der Waals surface area contributed by atoms with Gasteiger partial charge in [0, 0.05) is 24.0 Å². The Morgan fingerprint density at radius 3 is 2.55 bits per heavy atom. The van der Waals surface area contributed by atoms with E-state index in [0.29, 0.717) is 11.0 Å². The summed E-state index contributed by atoms with van der Waals surface area (Å²) in [5.74, 6) is 0. The summed E-state index contributed by atoms with van der Waals surface area (Å²) < 4.78 is 0. The molecule has 0 amide bonds. The summed E-state index contributed by atoms with van der Waals surface area (Å²) in [7, 11) is 0. The van der Waals surface area contributed by atoms with Gasteiger partial charge < -0.3 is 10.6 Å². The molecule has 0 saturated carbocycles. The fourth-order valence-electron chi connectivity index (χ4n) is 2.47. The molecular weight excluding hydrogens is 266 g/mol. The summed E-state index contributed by atoms with van der Waals surface area (Å²) in [6.07, 6.45) is 3.45. The Balaban J connectivity index is 3.33. The SMILES string of the molecule is CCCCN(c1cc(C)nc(C)c1C(N)=S)C(C)CC. The van der Waals surface area contributed by atoms with Gasteiger partial charge in [-0.15, -0.1) is 0 Å². The smallest absolute Gasteiger partial charge is 0.107 e. The third-order valence-corrected chi connectivity index (χ3v) is 3.94. The molecule has 20 heavy (non-hydrogen) atoms. The van der Waals surface area contributed by atoms with E-state index in [9.17, 15) is 0 Å². The molecule has 1 unspecified atom stereocenters. The Morgan fingerprint density at radius 2 is 2.05 bits per heavy atom. The predicted octanol–water partition coefficient (Wildman–Crippen LogP) is 3.74. The van der Waals surface area contributed by atoms with Gasteiger partial charge in [-0.2, -0.15) is 0 Å². The summed E-state index contributed by atoms with van der Waals surface area (Å²) in [4.78, 5) is 7.38. The molecule has 0 aliphatic heterocycles. The Bertz CT molecular complexity index is 471. The van der Waals surface area contributed by atoms with Crippen LogP contribution in [0.4, 0.5) is 5.69 Å². The maximum absolute atomic E-state index is 5.94. The van der Waals surface area contributed by atoms with Gasteiger partial charge in [0.1, 0.15) is 4.99 Å². The van der Waals surface area contributed by atoms with Gasteiger partial charge in [0.25, 0.3) is 0 Å². The van der Waals surface area contributed by atoms with Crippen molar-refractivity contribution in [3.05, 3.63) is 23.0 Å². The lowest BCUT2D eigenvalue weighted by molar-refractivity contribution is 0.595. The molecular formula is C16H27N3S. The van der Waals surface area contributed by atoms with Crippen molar-refractivity contribution in [2.45, 2.75) is 59.9 Å². The Kier molecular flexibility index (Phi) is 6.40. The monoisotopic (exact) mass is 293 g/mol. The van der Waals surface area contributed by atoms with Crippen molar-refractivity contribution in [3.63, 3.8) is 0 Å². The summed E-state index contributed by atoms with van der Waals surface area (Å²) in [6.45, 7) is 11.7. The summed E-state index contributed by atoms with van der Waals surface area (Å²) in [5.41, 5.74) is 9.96. The van der Waals surface area contributed by atoms with Crippen LogP contribution < -0.4 is 10.6 Å². The minimum absolute atomic E-state index is 0.440. The molecule has 0 saturated heterocycles. The second kappa shape index (κ2) is 7.58. The second-order valence-corrected chi connectivity index (χ2v) is 5.85. The number of hydrogen-bond donors (Lipinski definition) is 1. The highest BCUT2D eigenvalue weighted by molar-refractivity contribution is 7.80. The van der Waals surface area contributed by atoms with E-state index in [-0.39, 0.29) is 0 Å². The third-order valence-electron chi connectivity index (χ3n) is 3.74. The van der Waals surface area contributed by atoms with Crippen LogP contribution in [0, 0.1) is 13.8 Å². The third kappa shape index (κ3) is 3.92. The zero-order valence-corrected chi connectivity index (χ0v) is 14.2. The van der Waals surface area contributed by atoms with E-state index in [0.717, 1.165) is 35.6 Å². The maximum atomic E-state index is 5.94. The molecule has 3 nitrogen and oxygen atoms in total. The molecule has 0 spiro atoms. The number of anilines is 1. The van der Waals surface area contributed by atoms with Gasteiger partial charge >= 0.3 is 0 Å². The maximum Gasteiger partial charge on any atom is 0.107 e. The van der Waals surface area contributed by atoms with Gasteiger partial charge in [-0.25, -0.2) is 0 Å². The van der Waals surface area contributed by atoms with Crippen molar-refractivity contribution >= 4 is 22.9 Å². The van der Waals surface area contributed by atoms with Crippen molar-refractivity contribution in [2.75, 3.05) is 11.4 Å². The highest BCUT2D eigenvalue weighted by Gasteiger charge is 2.20. The molecule has 1 heterocycles. The molecule has 1 aromatic rings. The van der Waals surface area contributed by atoms with E-state index in [4.69, 9.17) is 18.0 Å². The van der Waals surface area contributed by atoms with E-state index in [1.807, 2.05) is 13.8 Å². The lowest BCUT2D eigenvalue weighted by atomic mass is 10.1. The molecule has 0 bridgehead atoms. The minimum Gasteiger partial charge on any atom is -0.389 e. The Hall–Kier alpha value is -1.16. The molecule has 112 valence electrons. The van der Waals surface area contributed by atoms with Crippen molar-refractivity contribution in [2.24, 2.45) is 5.73 Å². The molecule has 0 aliphatic carbocycles. The summed E-state index contributed by atoms with van der Waals surface area (Å²) in [5, 5.41) is 0. The zero-order chi connectivity index (χ0) is 15.3. The van der Waals surface area contributed by atoms with Crippen LogP contribution in [0.1, 0.15) is 57.0 Å². The van der Waals surface area contributed by atoms with Crippen LogP contribution in [-0.4, -0.2) is 22.6 Å². The van der Waals surface area contributed by atoms with E-state index in [1.54, 1.807) is 0 Å². The average Bonchev–Trinajstić information content (AvgIpc) is 2.37. The molecule has 1 atom stereocenters. The lowest BCUT2D eigenvalue weighted by Crippen LogP contribution is -2.35. The van der Waals surface area contributed by atoms with Crippen LogP contribution >= 0.6 is 12.2 Å². The fourth-order valence-corrected chi connectivity index (χ4v) is 2.72. The van der Waals surface area contributed by atoms with Crippen LogP contribution in [0.3, 0.4) is 0 Å². The quantitative estimate of drug-likeness (QED) is 0.778. The summed E-state index contributed by atoms with van der Waals surface area (Å²) in [6, 6.07) is 2.58. The number of nitrogens with two attached hydrogens (primary N) is 1. The number of aryl methyl sites for hydroxylation is 2. The second-order valence-electron chi connectivity index (χ2n) is 5.41. The van der Waals surface area contributed by atoms with Crippen LogP contribution in [0.15, 0.2) is 6.07 Å². The normalized spacial score (nSPS) is 12.2. The van der Waals surface area contributed by atoms with Crippen molar-refractivity contribution in [3.8, 4) is 0 Å². The number of thiocarbonyl (C=S) groups is 1. The van der Waals surface area contributed by atoms with Crippen LogP contribution in [-0.2, 0) is 0 Å². The first-order valence-corrected chi connectivity index (χ1v) is 7.87. The van der Waals surface area contributed by atoms with Crippen LogP contribution in [0.2, 0.25) is 0 Å². The molecule has 2 N–H and O–H groups in total. The topological polar surface area (TPSA) is 42.2 Å². The van der Waals surface area contributed by atoms with E-state index in [2.05, 4.69) is 36.7 Å². The van der Waals surface area contributed by atoms with Gasteiger partial charge in [0.15, 0.2) is 0 Å². The van der Waals surface area contributed by atoms with Crippen molar-refractivity contribution in [1.82, 2.24) is 4.98 Å². The minimum atomic E-state index is 0.440. The van der Waals surface area contributed by atoms with E-state index >= 15 is 0 Å². The van der Waals surface area contributed by atoms with E-state index in [1.165, 1.54) is 12.8 Å². The first kappa shape index (κ1) is 16.9. The number of rotatable bonds is 7. The average molecular weight is 293 g/mol. The molecule has 1 aromatic heterocycles. The molecule has 0 fully saturated rings. The lowest BCUT2D eigenvalue weighted by Gasteiger charge is -2.33. The van der Waals surface area contributed by atoms with Gasteiger partial charge in [-0.1, -0.05) is 32.5 Å². The largest absolute Gasteiger partial charge is 0.389 e. The van der Waals surface area contributed by atoms with Crippen LogP contribution in [0.5, 0.6) is 0 Å².